The average Bonchev–Trinajstić information content (AvgIpc) is 2.75. The minimum absolute atomic E-state index is 0.0326. The summed E-state index contributed by atoms with van der Waals surface area (Å²) in [6.45, 7) is -1.22. The van der Waals surface area contributed by atoms with Crippen LogP contribution < -0.4 is 15.8 Å². The van der Waals surface area contributed by atoms with Gasteiger partial charge in [-0.3, -0.25) is 4.79 Å². The third kappa shape index (κ3) is 4.04. The Morgan fingerprint density at radius 3 is 2.97 bits per heavy atom. The van der Waals surface area contributed by atoms with Crippen molar-refractivity contribution in [1.29, 1.82) is 0 Å². The van der Waals surface area contributed by atoms with Crippen LogP contribution in [-0.2, 0) is 10.3 Å². The van der Waals surface area contributed by atoms with Gasteiger partial charge in [0.2, 0.25) is 12.7 Å². The van der Waals surface area contributed by atoms with Gasteiger partial charge in [-0.1, -0.05) is 23.9 Å². The van der Waals surface area contributed by atoms with E-state index in [-0.39, 0.29) is 41.2 Å². The third-order valence-electron chi connectivity index (χ3n) is 5.15. The van der Waals surface area contributed by atoms with Crippen molar-refractivity contribution in [3.05, 3.63) is 47.7 Å². The summed E-state index contributed by atoms with van der Waals surface area (Å²) < 4.78 is 52.2. The van der Waals surface area contributed by atoms with Gasteiger partial charge < -0.3 is 20.5 Å². The molecule has 1 amide bonds. The van der Waals surface area contributed by atoms with E-state index in [1.807, 2.05) is 0 Å². The second-order valence-electron chi connectivity index (χ2n) is 6.94. The number of carbonyl (C=O) groups is 1. The first kappa shape index (κ1) is 21.4. The quantitative estimate of drug-likeness (QED) is 0.715. The Morgan fingerprint density at radius 1 is 1.39 bits per heavy atom. The number of amidine groups is 1. The normalized spacial score (nSPS) is 25.3. The molecule has 3 atom stereocenters. The monoisotopic (exact) mass is 453 g/mol. The topological polar surface area (TPSA) is 112 Å². The fourth-order valence-electron chi connectivity index (χ4n) is 3.66. The van der Waals surface area contributed by atoms with E-state index < -0.39 is 36.2 Å². The number of alkyl halides is 2. The largest absolute Gasteiger partial charge is 0.445 e. The molecule has 4 rings (SSSR count). The molecule has 2 aliphatic rings. The lowest BCUT2D eigenvalue weighted by atomic mass is 9.75. The van der Waals surface area contributed by atoms with Crippen molar-refractivity contribution < 1.29 is 27.4 Å². The molecule has 2 aliphatic heterocycles. The lowest BCUT2D eigenvalue weighted by Crippen LogP contribution is -2.53. The van der Waals surface area contributed by atoms with Gasteiger partial charge in [-0.05, 0) is 6.07 Å². The molecule has 164 valence electrons. The standard InChI is InChI=1S/C19H18F3N5O3S/c20-9-30-15-5-24-14(4-25-15)17(28)26-13-3-1-2-10(16(13)22)19-8-29-6-12(21)11(19)7-31-18(23)27-19/h1-5,11-12H,6-9H2,(H2,23,27)(H,26,28)/t11-,12-,19-/m1/s1. The van der Waals surface area contributed by atoms with Gasteiger partial charge in [-0.25, -0.2) is 28.1 Å². The lowest BCUT2D eigenvalue weighted by molar-refractivity contribution is -0.0526. The number of anilines is 1. The lowest BCUT2D eigenvalue weighted by Gasteiger charge is -2.45. The maximum Gasteiger partial charge on any atom is 0.275 e. The Morgan fingerprint density at radius 2 is 2.23 bits per heavy atom. The molecule has 0 spiro atoms. The van der Waals surface area contributed by atoms with E-state index in [9.17, 15) is 13.6 Å². The number of ether oxygens (including phenoxy) is 2. The molecule has 1 aromatic carbocycles. The summed E-state index contributed by atoms with van der Waals surface area (Å²) in [5, 5.41) is 2.64. The van der Waals surface area contributed by atoms with Crippen LogP contribution in [0.2, 0.25) is 0 Å². The summed E-state index contributed by atoms with van der Waals surface area (Å²) in [4.78, 5) is 24.4. The number of rotatable bonds is 5. The van der Waals surface area contributed by atoms with Gasteiger partial charge in [0.1, 0.15) is 17.4 Å². The molecule has 12 heteroatoms. The number of benzene rings is 1. The number of aliphatic imine (C=N–C) groups is 1. The molecule has 0 aliphatic carbocycles. The zero-order valence-electron chi connectivity index (χ0n) is 16.1. The van der Waals surface area contributed by atoms with Crippen LogP contribution in [0.1, 0.15) is 16.1 Å². The number of amides is 1. The average molecular weight is 453 g/mol. The predicted octanol–water partition coefficient (Wildman–Crippen LogP) is 2.42. The Bertz CT molecular complexity index is 1010. The first-order chi connectivity index (χ1) is 14.9. The highest BCUT2D eigenvalue weighted by Crippen LogP contribution is 2.46. The van der Waals surface area contributed by atoms with E-state index in [0.717, 1.165) is 12.4 Å². The van der Waals surface area contributed by atoms with Crippen LogP contribution in [0.25, 0.3) is 0 Å². The highest BCUT2D eigenvalue weighted by Gasteiger charge is 2.52. The predicted molar refractivity (Wildman–Crippen MR) is 108 cm³/mol. The fourth-order valence-corrected chi connectivity index (χ4v) is 4.72. The molecule has 1 saturated heterocycles. The zero-order chi connectivity index (χ0) is 22.0. The Labute approximate surface area is 179 Å². The van der Waals surface area contributed by atoms with Crippen molar-refractivity contribution in [3.63, 3.8) is 0 Å². The van der Waals surface area contributed by atoms with Crippen molar-refractivity contribution in [2.45, 2.75) is 11.7 Å². The van der Waals surface area contributed by atoms with Crippen LogP contribution in [0, 0.1) is 11.7 Å². The molecule has 3 heterocycles. The van der Waals surface area contributed by atoms with Crippen molar-refractivity contribution >= 4 is 28.5 Å². The molecule has 1 aromatic heterocycles. The van der Waals surface area contributed by atoms with Crippen molar-refractivity contribution in [1.82, 2.24) is 9.97 Å². The Kier molecular flexibility index (Phi) is 6.01. The molecule has 0 saturated carbocycles. The van der Waals surface area contributed by atoms with Crippen LogP contribution in [-0.4, -0.2) is 53.0 Å². The number of hydrogen-bond acceptors (Lipinski definition) is 8. The van der Waals surface area contributed by atoms with Gasteiger partial charge >= 0.3 is 0 Å². The van der Waals surface area contributed by atoms with E-state index in [1.165, 1.54) is 30.0 Å². The highest BCUT2D eigenvalue weighted by atomic mass is 32.2. The van der Waals surface area contributed by atoms with Crippen LogP contribution in [0.3, 0.4) is 0 Å². The highest BCUT2D eigenvalue weighted by molar-refractivity contribution is 8.13. The summed E-state index contributed by atoms with van der Waals surface area (Å²) in [5.74, 6) is -1.91. The minimum Gasteiger partial charge on any atom is -0.445 e. The number of hydrogen-bond donors (Lipinski definition) is 2. The molecule has 3 N–H and O–H groups in total. The second kappa shape index (κ2) is 8.71. The van der Waals surface area contributed by atoms with Gasteiger partial charge in [0, 0.05) is 17.2 Å². The summed E-state index contributed by atoms with van der Waals surface area (Å²) in [7, 11) is 0. The Hall–Kier alpha value is -2.86. The molecule has 0 unspecified atom stereocenters. The fraction of sp³-hybridized carbons (Fsp3) is 0.368. The summed E-state index contributed by atoms with van der Waals surface area (Å²) >= 11 is 1.21. The van der Waals surface area contributed by atoms with Crippen LogP contribution in [0.4, 0.5) is 18.9 Å². The maximum atomic E-state index is 15.5. The molecule has 0 bridgehead atoms. The summed E-state index contributed by atoms with van der Waals surface area (Å²) in [6.07, 6.45) is 0.807. The summed E-state index contributed by atoms with van der Waals surface area (Å²) in [6, 6.07) is 4.37. The van der Waals surface area contributed by atoms with Crippen LogP contribution in [0.5, 0.6) is 5.88 Å². The summed E-state index contributed by atoms with van der Waals surface area (Å²) in [5.41, 5.74) is 4.36. The number of aromatic nitrogens is 2. The van der Waals surface area contributed by atoms with Gasteiger partial charge in [0.15, 0.2) is 11.0 Å². The van der Waals surface area contributed by atoms with Gasteiger partial charge in [0.05, 0.1) is 31.3 Å². The number of halogens is 3. The number of nitrogens with two attached hydrogens (primary N) is 1. The number of nitrogens with zero attached hydrogens (tertiary/aromatic N) is 3. The minimum atomic E-state index is -1.34. The molecular weight excluding hydrogens is 435 g/mol. The van der Waals surface area contributed by atoms with E-state index in [2.05, 4.69) is 25.0 Å². The molecule has 2 aromatic rings. The number of fused-ring (bicyclic) bond motifs is 1. The molecule has 0 radical (unpaired) electrons. The number of thioether (sulfide) groups is 1. The van der Waals surface area contributed by atoms with E-state index in [4.69, 9.17) is 10.5 Å². The van der Waals surface area contributed by atoms with E-state index in [1.54, 1.807) is 0 Å². The van der Waals surface area contributed by atoms with Crippen molar-refractivity contribution in [2.75, 3.05) is 31.1 Å². The zero-order valence-corrected chi connectivity index (χ0v) is 16.9. The maximum absolute atomic E-state index is 15.5. The molecule has 31 heavy (non-hydrogen) atoms. The van der Waals surface area contributed by atoms with Crippen molar-refractivity contribution in [3.8, 4) is 5.88 Å². The van der Waals surface area contributed by atoms with Crippen molar-refractivity contribution in [2.24, 2.45) is 16.6 Å². The number of carbonyl (C=O) groups excluding carboxylic acids is 1. The van der Waals surface area contributed by atoms with Crippen LogP contribution >= 0.6 is 11.8 Å². The van der Waals surface area contributed by atoms with Crippen LogP contribution in [0.15, 0.2) is 35.6 Å². The number of nitrogens with one attached hydrogen (secondary N) is 1. The second-order valence-corrected chi connectivity index (χ2v) is 7.98. The molecule has 8 nitrogen and oxygen atoms in total. The molecular formula is C19H18F3N5O3S. The first-order valence-corrected chi connectivity index (χ1v) is 10.2. The molecule has 1 fully saturated rings. The van der Waals surface area contributed by atoms with Gasteiger partial charge in [-0.15, -0.1) is 0 Å². The van der Waals surface area contributed by atoms with Gasteiger partial charge in [0.25, 0.3) is 5.91 Å². The SMILES string of the molecule is NC1=N[C@@]2(c3cccc(NC(=O)c4cnc(OCF)cn4)c3F)COC[C@@H](F)[C@H]2CS1. The van der Waals surface area contributed by atoms with Gasteiger partial charge in [-0.2, -0.15) is 0 Å². The van der Waals surface area contributed by atoms with E-state index in [0.29, 0.717) is 5.75 Å². The Balaban J connectivity index is 1.65. The smallest absolute Gasteiger partial charge is 0.275 e. The third-order valence-corrected chi connectivity index (χ3v) is 6.06. The first-order valence-electron chi connectivity index (χ1n) is 9.25. The van der Waals surface area contributed by atoms with E-state index >= 15 is 4.39 Å².